The van der Waals surface area contributed by atoms with Crippen molar-refractivity contribution in [1.29, 1.82) is 0 Å². The Hall–Kier alpha value is -0.0800. The van der Waals surface area contributed by atoms with Gasteiger partial charge in [-0.1, -0.05) is 6.92 Å². The molecule has 2 nitrogen and oxygen atoms in total. The van der Waals surface area contributed by atoms with E-state index in [0.717, 1.165) is 25.0 Å². The third kappa shape index (κ3) is 1.74. The van der Waals surface area contributed by atoms with Crippen molar-refractivity contribution in [2.45, 2.75) is 13.3 Å². The summed E-state index contributed by atoms with van der Waals surface area (Å²) in [6.07, 6.45) is 1.35. The Morgan fingerprint density at radius 3 is 2.55 bits per heavy atom. The number of likely N-dealkylation sites (tertiary alicyclic amines) is 1. The molecule has 2 aliphatic heterocycles. The second-order valence-electron chi connectivity index (χ2n) is 4.06. The van der Waals surface area contributed by atoms with Crippen molar-refractivity contribution in [2.75, 3.05) is 32.8 Å². The van der Waals surface area contributed by atoms with Gasteiger partial charge in [0.2, 0.25) is 0 Å². The molecule has 2 saturated heterocycles. The standard InChI is InChI=1S/C9H17NO/c1-8-4-10(5-8)3-2-9-6-11-7-9/h8-9H,2-7H2,1H3. The molecule has 0 aromatic carbocycles. The molecule has 0 bridgehead atoms. The van der Waals surface area contributed by atoms with Crippen LogP contribution in [0.15, 0.2) is 0 Å². The molecule has 11 heavy (non-hydrogen) atoms. The van der Waals surface area contributed by atoms with Crippen molar-refractivity contribution in [1.82, 2.24) is 4.90 Å². The first kappa shape index (κ1) is 7.56. The smallest absolute Gasteiger partial charge is 0.0516 e. The molecule has 2 heteroatoms. The highest BCUT2D eigenvalue weighted by Crippen LogP contribution is 2.19. The summed E-state index contributed by atoms with van der Waals surface area (Å²) in [7, 11) is 0. The Morgan fingerprint density at radius 1 is 1.36 bits per heavy atom. The Kier molecular flexibility index (Phi) is 2.14. The molecule has 0 saturated carbocycles. The highest BCUT2D eigenvalue weighted by Gasteiger charge is 2.24. The van der Waals surface area contributed by atoms with E-state index in [0.29, 0.717) is 0 Å². The SMILES string of the molecule is CC1CN(CCC2COC2)C1. The van der Waals surface area contributed by atoms with Gasteiger partial charge in [-0.2, -0.15) is 0 Å². The van der Waals surface area contributed by atoms with Crippen LogP contribution in [0.25, 0.3) is 0 Å². The summed E-state index contributed by atoms with van der Waals surface area (Å²) in [4.78, 5) is 2.54. The van der Waals surface area contributed by atoms with Crippen LogP contribution in [0, 0.1) is 11.8 Å². The zero-order valence-electron chi connectivity index (χ0n) is 7.25. The third-order valence-electron chi connectivity index (χ3n) is 2.70. The van der Waals surface area contributed by atoms with Gasteiger partial charge in [0.05, 0.1) is 13.2 Å². The van der Waals surface area contributed by atoms with E-state index < -0.39 is 0 Å². The summed E-state index contributed by atoms with van der Waals surface area (Å²) in [5.74, 6) is 1.83. The molecule has 0 aromatic heterocycles. The lowest BCUT2D eigenvalue weighted by Crippen LogP contribution is -2.46. The minimum Gasteiger partial charge on any atom is -0.381 e. The molecular weight excluding hydrogens is 138 g/mol. The predicted octanol–water partition coefficient (Wildman–Crippen LogP) is 0.975. The molecule has 0 aromatic rings. The van der Waals surface area contributed by atoms with Gasteiger partial charge in [-0.15, -0.1) is 0 Å². The molecule has 0 unspecified atom stereocenters. The molecule has 0 spiro atoms. The Labute approximate surface area is 68.5 Å². The van der Waals surface area contributed by atoms with Crippen LogP contribution in [-0.4, -0.2) is 37.7 Å². The second-order valence-corrected chi connectivity index (χ2v) is 4.06. The largest absolute Gasteiger partial charge is 0.381 e. The van der Waals surface area contributed by atoms with Gasteiger partial charge in [-0.25, -0.2) is 0 Å². The number of hydrogen-bond acceptors (Lipinski definition) is 2. The average molecular weight is 155 g/mol. The van der Waals surface area contributed by atoms with E-state index in [1.807, 2.05) is 0 Å². The number of nitrogens with zero attached hydrogens (tertiary/aromatic N) is 1. The van der Waals surface area contributed by atoms with E-state index in [1.54, 1.807) is 0 Å². The van der Waals surface area contributed by atoms with Crippen LogP contribution in [0.4, 0.5) is 0 Å². The molecule has 0 radical (unpaired) electrons. The third-order valence-corrected chi connectivity index (χ3v) is 2.70. The van der Waals surface area contributed by atoms with Gasteiger partial charge in [0.25, 0.3) is 0 Å². The molecular formula is C9H17NO. The predicted molar refractivity (Wildman–Crippen MR) is 44.5 cm³/mol. The zero-order chi connectivity index (χ0) is 7.68. The van der Waals surface area contributed by atoms with Gasteiger partial charge in [0.15, 0.2) is 0 Å². The lowest BCUT2D eigenvalue weighted by atomic mass is 9.99. The van der Waals surface area contributed by atoms with Crippen molar-refractivity contribution < 1.29 is 4.74 Å². The first-order chi connectivity index (χ1) is 5.34. The molecule has 0 atom stereocenters. The van der Waals surface area contributed by atoms with Crippen molar-refractivity contribution in [3.05, 3.63) is 0 Å². The van der Waals surface area contributed by atoms with E-state index >= 15 is 0 Å². The highest BCUT2D eigenvalue weighted by atomic mass is 16.5. The van der Waals surface area contributed by atoms with Crippen LogP contribution in [0.2, 0.25) is 0 Å². The summed E-state index contributed by atoms with van der Waals surface area (Å²) in [5.41, 5.74) is 0. The fourth-order valence-corrected chi connectivity index (χ4v) is 1.83. The molecule has 2 rings (SSSR count). The van der Waals surface area contributed by atoms with Gasteiger partial charge < -0.3 is 9.64 Å². The number of rotatable bonds is 3. The van der Waals surface area contributed by atoms with E-state index in [1.165, 1.54) is 26.1 Å². The molecule has 0 aliphatic carbocycles. The van der Waals surface area contributed by atoms with Crippen LogP contribution in [0.1, 0.15) is 13.3 Å². The van der Waals surface area contributed by atoms with Gasteiger partial charge in [-0.05, 0) is 18.9 Å². The van der Waals surface area contributed by atoms with Crippen molar-refractivity contribution >= 4 is 0 Å². The Bertz CT molecular complexity index is 128. The van der Waals surface area contributed by atoms with Gasteiger partial charge in [0.1, 0.15) is 0 Å². The Balaban J connectivity index is 1.53. The summed E-state index contributed by atoms with van der Waals surface area (Å²) < 4.78 is 5.12. The van der Waals surface area contributed by atoms with Gasteiger partial charge in [0, 0.05) is 19.0 Å². The quantitative estimate of drug-likeness (QED) is 0.602. The fraction of sp³-hybridized carbons (Fsp3) is 1.00. The number of ether oxygens (including phenoxy) is 1. The van der Waals surface area contributed by atoms with Crippen molar-refractivity contribution in [3.8, 4) is 0 Å². The highest BCUT2D eigenvalue weighted by molar-refractivity contribution is 4.77. The lowest BCUT2D eigenvalue weighted by Gasteiger charge is -2.38. The van der Waals surface area contributed by atoms with Crippen LogP contribution in [0.3, 0.4) is 0 Å². The van der Waals surface area contributed by atoms with E-state index in [9.17, 15) is 0 Å². The Morgan fingerprint density at radius 2 is 2.09 bits per heavy atom. The van der Waals surface area contributed by atoms with Crippen LogP contribution >= 0.6 is 0 Å². The molecule has 64 valence electrons. The summed E-state index contributed by atoms with van der Waals surface area (Å²) >= 11 is 0. The van der Waals surface area contributed by atoms with Crippen molar-refractivity contribution in [2.24, 2.45) is 11.8 Å². The molecule has 2 fully saturated rings. The number of hydrogen-bond donors (Lipinski definition) is 0. The lowest BCUT2D eigenvalue weighted by molar-refractivity contribution is -0.0431. The molecule has 0 N–H and O–H groups in total. The van der Waals surface area contributed by atoms with E-state index in [4.69, 9.17) is 4.74 Å². The topological polar surface area (TPSA) is 12.5 Å². The van der Waals surface area contributed by atoms with Crippen LogP contribution in [-0.2, 0) is 4.74 Å². The summed E-state index contributed by atoms with van der Waals surface area (Å²) in [5, 5.41) is 0. The average Bonchev–Trinajstić information content (AvgIpc) is 1.80. The van der Waals surface area contributed by atoms with Crippen LogP contribution < -0.4 is 0 Å². The second kappa shape index (κ2) is 3.11. The molecule has 2 aliphatic rings. The first-order valence-electron chi connectivity index (χ1n) is 4.64. The minimum absolute atomic E-state index is 0.880. The zero-order valence-corrected chi connectivity index (χ0v) is 7.25. The van der Waals surface area contributed by atoms with Crippen LogP contribution in [0.5, 0.6) is 0 Å². The monoisotopic (exact) mass is 155 g/mol. The maximum absolute atomic E-state index is 5.12. The maximum atomic E-state index is 5.12. The maximum Gasteiger partial charge on any atom is 0.0516 e. The summed E-state index contributed by atoms with van der Waals surface area (Å²) in [6.45, 7) is 8.31. The van der Waals surface area contributed by atoms with Gasteiger partial charge >= 0.3 is 0 Å². The van der Waals surface area contributed by atoms with Gasteiger partial charge in [-0.3, -0.25) is 0 Å². The van der Waals surface area contributed by atoms with E-state index in [2.05, 4.69) is 11.8 Å². The summed E-state index contributed by atoms with van der Waals surface area (Å²) in [6, 6.07) is 0. The first-order valence-corrected chi connectivity index (χ1v) is 4.64. The van der Waals surface area contributed by atoms with E-state index in [-0.39, 0.29) is 0 Å². The minimum atomic E-state index is 0.880. The molecule has 2 heterocycles. The fourth-order valence-electron chi connectivity index (χ4n) is 1.83. The normalized spacial score (nSPS) is 28.1. The van der Waals surface area contributed by atoms with Crippen molar-refractivity contribution in [3.63, 3.8) is 0 Å². The molecule has 0 amide bonds.